The van der Waals surface area contributed by atoms with Gasteiger partial charge in [-0.25, -0.2) is 9.78 Å². The van der Waals surface area contributed by atoms with Crippen LogP contribution in [0.15, 0.2) is 12.3 Å². The molecule has 0 atom stereocenters. The summed E-state index contributed by atoms with van der Waals surface area (Å²) in [5.74, 6) is 0.281. The van der Waals surface area contributed by atoms with E-state index in [0.29, 0.717) is 11.7 Å². The smallest absolute Gasteiger partial charge is 0.337 e. The number of carboxylic acid groups (broad SMARTS) is 1. The number of halogens is 1. The van der Waals surface area contributed by atoms with E-state index in [1.807, 2.05) is 11.8 Å². The quantitative estimate of drug-likeness (QED) is 0.878. The third kappa shape index (κ3) is 2.69. The van der Waals surface area contributed by atoms with Crippen molar-refractivity contribution in [3.05, 3.63) is 22.8 Å². The van der Waals surface area contributed by atoms with Gasteiger partial charge in [-0.3, -0.25) is 0 Å². The lowest BCUT2D eigenvalue weighted by molar-refractivity contribution is 0.0697. The number of anilines is 1. The van der Waals surface area contributed by atoms with Crippen molar-refractivity contribution in [1.29, 1.82) is 0 Å². The topological polar surface area (TPSA) is 53.4 Å². The lowest BCUT2D eigenvalue weighted by Gasteiger charge is -2.23. The summed E-state index contributed by atoms with van der Waals surface area (Å²) in [7, 11) is 0. The largest absolute Gasteiger partial charge is 0.478 e. The van der Waals surface area contributed by atoms with Crippen molar-refractivity contribution in [2.45, 2.75) is 19.8 Å². The normalized spacial score (nSPS) is 14.7. The van der Waals surface area contributed by atoms with Crippen LogP contribution in [0.5, 0.6) is 0 Å². The maximum Gasteiger partial charge on any atom is 0.337 e. The summed E-state index contributed by atoms with van der Waals surface area (Å²) >= 11 is 6.10. The van der Waals surface area contributed by atoms with Crippen molar-refractivity contribution in [2.24, 2.45) is 5.92 Å². The lowest BCUT2D eigenvalue weighted by atomic mass is 10.2. The minimum atomic E-state index is -1.01. The van der Waals surface area contributed by atoms with Gasteiger partial charge in [0.1, 0.15) is 5.82 Å². The lowest BCUT2D eigenvalue weighted by Crippen LogP contribution is -2.26. The van der Waals surface area contributed by atoms with E-state index in [1.165, 1.54) is 25.1 Å². The van der Waals surface area contributed by atoms with Gasteiger partial charge in [-0.1, -0.05) is 11.6 Å². The number of rotatable bonds is 5. The molecular weight excluding hydrogens is 240 g/mol. The fourth-order valence-corrected chi connectivity index (χ4v) is 2.11. The second kappa shape index (κ2) is 4.92. The van der Waals surface area contributed by atoms with Crippen LogP contribution in [0.2, 0.25) is 5.02 Å². The number of nitrogens with zero attached hydrogens (tertiary/aromatic N) is 2. The Morgan fingerprint density at radius 1 is 1.65 bits per heavy atom. The van der Waals surface area contributed by atoms with Crippen LogP contribution >= 0.6 is 11.6 Å². The van der Waals surface area contributed by atoms with Gasteiger partial charge in [-0.2, -0.15) is 0 Å². The summed E-state index contributed by atoms with van der Waals surface area (Å²) in [4.78, 5) is 17.2. The van der Waals surface area contributed by atoms with Gasteiger partial charge in [0.25, 0.3) is 0 Å². The molecule has 0 radical (unpaired) electrons. The Morgan fingerprint density at radius 3 is 2.88 bits per heavy atom. The monoisotopic (exact) mass is 254 g/mol. The molecule has 92 valence electrons. The average molecular weight is 255 g/mol. The van der Waals surface area contributed by atoms with Crippen LogP contribution in [0, 0.1) is 5.92 Å². The first kappa shape index (κ1) is 12.2. The van der Waals surface area contributed by atoms with Gasteiger partial charge in [-0.15, -0.1) is 0 Å². The van der Waals surface area contributed by atoms with Crippen molar-refractivity contribution in [3.8, 4) is 0 Å². The molecule has 1 aromatic rings. The minimum absolute atomic E-state index is 0.117. The number of carbonyl (C=O) groups is 1. The molecule has 1 N–H and O–H groups in total. The first-order chi connectivity index (χ1) is 8.13. The second-order valence-electron chi connectivity index (χ2n) is 4.28. The highest BCUT2D eigenvalue weighted by Gasteiger charge is 2.26. The predicted octanol–water partition coefficient (Wildman–Crippen LogP) is 2.67. The van der Waals surface area contributed by atoms with E-state index in [2.05, 4.69) is 4.98 Å². The second-order valence-corrected chi connectivity index (χ2v) is 4.66. The number of hydrogen-bond donors (Lipinski definition) is 1. The van der Waals surface area contributed by atoms with Gasteiger partial charge in [0.2, 0.25) is 0 Å². The Balaban J connectivity index is 2.28. The third-order valence-electron chi connectivity index (χ3n) is 2.96. The van der Waals surface area contributed by atoms with E-state index >= 15 is 0 Å². The number of hydrogen-bond acceptors (Lipinski definition) is 3. The molecule has 0 amide bonds. The molecule has 1 aliphatic carbocycles. The number of aromatic carboxylic acids is 1. The molecule has 1 aromatic heterocycles. The van der Waals surface area contributed by atoms with Gasteiger partial charge in [0, 0.05) is 19.3 Å². The number of aromatic nitrogens is 1. The zero-order valence-electron chi connectivity index (χ0n) is 9.69. The van der Waals surface area contributed by atoms with E-state index in [4.69, 9.17) is 16.7 Å². The summed E-state index contributed by atoms with van der Waals surface area (Å²) in [5, 5.41) is 9.25. The molecule has 0 bridgehead atoms. The molecule has 1 fully saturated rings. The highest BCUT2D eigenvalue weighted by molar-refractivity contribution is 6.35. The minimum Gasteiger partial charge on any atom is -0.478 e. The van der Waals surface area contributed by atoms with Crippen molar-refractivity contribution < 1.29 is 9.90 Å². The predicted molar refractivity (Wildman–Crippen MR) is 66.8 cm³/mol. The summed E-state index contributed by atoms with van der Waals surface area (Å²) in [5.41, 5.74) is 0.117. The van der Waals surface area contributed by atoms with E-state index in [-0.39, 0.29) is 10.6 Å². The molecule has 1 aliphatic rings. The van der Waals surface area contributed by atoms with Gasteiger partial charge < -0.3 is 10.0 Å². The number of carboxylic acids is 1. The van der Waals surface area contributed by atoms with Crippen LogP contribution in [-0.2, 0) is 0 Å². The van der Waals surface area contributed by atoms with Gasteiger partial charge in [-0.05, 0) is 31.7 Å². The number of pyridine rings is 1. The van der Waals surface area contributed by atoms with Crippen LogP contribution in [0.1, 0.15) is 30.1 Å². The van der Waals surface area contributed by atoms with Crippen molar-refractivity contribution in [2.75, 3.05) is 18.0 Å². The molecule has 2 rings (SSSR count). The van der Waals surface area contributed by atoms with Crippen LogP contribution in [-0.4, -0.2) is 29.1 Å². The molecule has 1 saturated carbocycles. The van der Waals surface area contributed by atoms with Crippen LogP contribution in [0.4, 0.5) is 5.82 Å². The highest BCUT2D eigenvalue weighted by atomic mass is 35.5. The maximum atomic E-state index is 11.0. The Kier molecular flexibility index (Phi) is 3.52. The van der Waals surface area contributed by atoms with E-state index in [1.54, 1.807) is 0 Å². The van der Waals surface area contributed by atoms with Crippen molar-refractivity contribution >= 4 is 23.4 Å². The van der Waals surface area contributed by atoms with E-state index < -0.39 is 5.97 Å². The van der Waals surface area contributed by atoms with Gasteiger partial charge in [0.05, 0.1) is 10.6 Å². The molecule has 0 aliphatic heterocycles. The Morgan fingerprint density at radius 2 is 2.35 bits per heavy atom. The molecule has 5 heteroatoms. The fraction of sp³-hybridized carbons (Fsp3) is 0.500. The molecule has 1 heterocycles. The van der Waals surface area contributed by atoms with Crippen LogP contribution in [0.25, 0.3) is 0 Å². The Labute approximate surface area is 105 Å². The maximum absolute atomic E-state index is 11.0. The van der Waals surface area contributed by atoms with Crippen LogP contribution < -0.4 is 4.90 Å². The SMILES string of the molecule is CCN(CC1CC1)c1nccc(C(=O)O)c1Cl. The standard InChI is InChI=1S/C12H15ClN2O2/c1-2-15(7-8-3-4-8)11-10(13)9(12(16)17)5-6-14-11/h5-6,8H,2-4,7H2,1H3,(H,16,17). The molecular formula is C12H15ClN2O2. The molecule has 0 unspecified atom stereocenters. The molecule has 17 heavy (non-hydrogen) atoms. The van der Waals surface area contributed by atoms with E-state index in [0.717, 1.165) is 13.1 Å². The van der Waals surface area contributed by atoms with Gasteiger partial charge >= 0.3 is 5.97 Å². The Bertz CT molecular complexity index is 433. The first-order valence-corrected chi connectivity index (χ1v) is 6.14. The van der Waals surface area contributed by atoms with Crippen molar-refractivity contribution in [1.82, 2.24) is 4.98 Å². The Hall–Kier alpha value is -1.29. The molecule has 0 spiro atoms. The average Bonchev–Trinajstić information content (AvgIpc) is 3.10. The summed E-state index contributed by atoms with van der Waals surface area (Å²) in [6, 6.07) is 1.43. The van der Waals surface area contributed by atoms with Crippen molar-refractivity contribution in [3.63, 3.8) is 0 Å². The summed E-state index contributed by atoms with van der Waals surface area (Å²) in [6.07, 6.45) is 3.99. The zero-order chi connectivity index (χ0) is 12.4. The zero-order valence-corrected chi connectivity index (χ0v) is 10.4. The molecule has 0 aromatic carbocycles. The molecule has 4 nitrogen and oxygen atoms in total. The van der Waals surface area contributed by atoms with Crippen LogP contribution in [0.3, 0.4) is 0 Å². The first-order valence-electron chi connectivity index (χ1n) is 5.76. The third-order valence-corrected chi connectivity index (χ3v) is 3.33. The van der Waals surface area contributed by atoms with E-state index in [9.17, 15) is 4.79 Å². The van der Waals surface area contributed by atoms with Gasteiger partial charge in [0.15, 0.2) is 0 Å². The summed E-state index contributed by atoms with van der Waals surface area (Å²) in [6.45, 7) is 3.71. The fourth-order valence-electron chi connectivity index (χ4n) is 1.80. The highest BCUT2D eigenvalue weighted by Crippen LogP contribution is 2.33. The molecule has 0 saturated heterocycles. The summed E-state index contributed by atoms with van der Waals surface area (Å²) < 4.78 is 0.